The molecule has 1 aliphatic rings. The Bertz CT molecular complexity index is 1030. The van der Waals surface area contributed by atoms with Crippen LogP contribution in [-0.2, 0) is 6.18 Å². The van der Waals surface area contributed by atoms with Crippen LogP contribution >= 0.6 is 11.6 Å². The number of methoxy groups -OCH3 is 1. The molecule has 1 fully saturated rings. The van der Waals surface area contributed by atoms with Gasteiger partial charge in [0, 0.05) is 23.0 Å². The summed E-state index contributed by atoms with van der Waals surface area (Å²) >= 11 is 6.18. The Morgan fingerprint density at radius 2 is 2.11 bits per heavy atom. The van der Waals surface area contributed by atoms with Crippen molar-refractivity contribution in [1.82, 2.24) is 14.9 Å². The largest absolute Gasteiger partial charge is 0.494 e. The summed E-state index contributed by atoms with van der Waals surface area (Å²) in [4.78, 5) is 3.90. The van der Waals surface area contributed by atoms with Gasteiger partial charge in [0.05, 0.1) is 35.8 Å². The molecule has 3 aromatic rings. The van der Waals surface area contributed by atoms with Crippen molar-refractivity contribution in [2.24, 2.45) is 0 Å². The molecule has 0 saturated carbocycles. The summed E-state index contributed by atoms with van der Waals surface area (Å²) in [5.74, 6) is 0.429. The van der Waals surface area contributed by atoms with Crippen molar-refractivity contribution in [3.05, 3.63) is 35.0 Å². The van der Waals surface area contributed by atoms with Crippen LogP contribution in [-0.4, -0.2) is 41.0 Å². The number of alkyl halides is 3. The lowest BCUT2D eigenvalue weighted by Gasteiger charge is -2.24. The summed E-state index contributed by atoms with van der Waals surface area (Å²) in [6.45, 7) is 1.17. The van der Waals surface area contributed by atoms with Crippen molar-refractivity contribution < 1.29 is 23.0 Å². The molecule has 0 unspecified atom stereocenters. The number of nitrogens with zero attached hydrogens (tertiary/aromatic N) is 2. The number of hydrogen-bond acceptors (Lipinski definition) is 4. The highest BCUT2D eigenvalue weighted by atomic mass is 35.5. The molecule has 0 aliphatic carbocycles. The molecule has 1 saturated heterocycles. The molecule has 2 N–H and O–H groups in total. The lowest BCUT2D eigenvalue weighted by molar-refractivity contribution is -0.140. The molecule has 1 aromatic carbocycles. The molecule has 2 atom stereocenters. The third kappa shape index (κ3) is 3.19. The van der Waals surface area contributed by atoms with Gasteiger partial charge in [0.1, 0.15) is 11.4 Å². The van der Waals surface area contributed by atoms with Crippen LogP contribution in [0.2, 0.25) is 5.02 Å². The second kappa shape index (κ2) is 7.09. The Hall–Kier alpha value is -2.03. The van der Waals surface area contributed by atoms with Crippen LogP contribution in [0, 0.1) is 0 Å². The van der Waals surface area contributed by atoms with Gasteiger partial charge in [-0.2, -0.15) is 13.2 Å². The maximum absolute atomic E-state index is 13.2. The first-order chi connectivity index (χ1) is 13.3. The SMILES string of the molecule is COc1cc(Cl)cc2c3nc(C(F)(F)F)ccc3n([C@H]3CCCNC[C@@H]3O)c12. The first-order valence-electron chi connectivity index (χ1n) is 8.95. The summed E-state index contributed by atoms with van der Waals surface area (Å²) < 4.78 is 47.1. The summed E-state index contributed by atoms with van der Waals surface area (Å²) in [7, 11) is 1.48. The van der Waals surface area contributed by atoms with Gasteiger partial charge in [-0.15, -0.1) is 0 Å². The van der Waals surface area contributed by atoms with Gasteiger partial charge in [-0.1, -0.05) is 11.6 Å². The zero-order valence-electron chi connectivity index (χ0n) is 15.1. The van der Waals surface area contributed by atoms with E-state index in [1.54, 1.807) is 12.1 Å². The number of hydrogen-bond donors (Lipinski definition) is 2. The minimum atomic E-state index is -4.56. The monoisotopic (exact) mass is 413 g/mol. The van der Waals surface area contributed by atoms with Crippen LogP contribution in [0.4, 0.5) is 13.2 Å². The predicted octanol–water partition coefficient (Wildman–Crippen LogP) is 4.16. The predicted molar refractivity (Wildman–Crippen MR) is 101 cm³/mol. The summed E-state index contributed by atoms with van der Waals surface area (Å²) in [6.07, 6.45) is -3.77. The molecule has 5 nitrogen and oxygen atoms in total. The molecular formula is C19H19ClF3N3O2. The number of aliphatic hydroxyl groups excluding tert-OH is 1. The maximum Gasteiger partial charge on any atom is 0.433 e. The number of nitrogens with one attached hydrogen (secondary N) is 1. The van der Waals surface area contributed by atoms with E-state index in [1.165, 1.54) is 13.2 Å². The number of halogens is 4. The topological polar surface area (TPSA) is 59.3 Å². The Balaban J connectivity index is 2.08. The minimum Gasteiger partial charge on any atom is -0.494 e. The molecule has 2 aromatic heterocycles. The Labute approximate surface area is 164 Å². The second-order valence-electron chi connectivity index (χ2n) is 6.92. The van der Waals surface area contributed by atoms with E-state index in [2.05, 4.69) is 10.3 Å². The maximum atomic E-state index is 13.2. The highest BCUT2D eigenvalue weighted by Crippen LogP contribution is 2.41. The van der Waals surface area contributed by atoms with E-state index in [9.17, 15) is 18.3 Å². The quantitative estimate of drug-likeness (QED) is 0.662. The Morgan fingerprint density at radius 1 is 1.32 bits per heavy atom. The molecule has 4 rings (SSSR count). The van der Waals surface area contributed by atoms with Crippen molar-refractivity contribution in [3.63, 3.8) is 0 Å². The van der Waals surface area contributed by atoms with Crippen molar-refractivity contribution >= 4 is 33.5 Å². The number of benzene rings is 1. The lowest BCUT2D eigenvalue weighted by atomic mass is 10.1. The van der Waals surface area contributed by atoms with Gasteiger partial charge in [0.15, 0.2) is 0 Å². The third-order valence-corrected chi connectivity index (χ3v) is 5.38. The summed E-state index contributed by atoms with van der Waals surface area (Å²) in [5, 5.41) is 14.7. The Kier molecular flexibility index (Phi) is 4.89. The van der Waals surface area contributed by atoms with E-state index >= 15 is 0 Å². The van der Waals surface area contributed by atoms with Crippen LogP contribution in [0.1, 0.15) is 24.6 Å². The lowest BCUT2D eigenvalue weighted by Crippen LogP contribution is -2.31. The van der Waals surface area contributed by atoms with Crippen molar-refractivity contribution in [2.45, 2.75) is 31.2 Å². The zero-order chi connectivity index (χ0) is 20.1. The first kappa shape index (κ1) is 19.3. The van der Waals surface area contributed by atoms with E-state index in [0.717, 1.165) is 19.0 Å². The fraction of sp³-hybridized carbons (Fsp3) is 0.421. The molecule has 0 radical (unpaired) electrons. The highest BCUT2D eigenvalue weighted by molar-refractivity contribution is 6.32. The van der Waals surface area contributed by atoms with Gasteiger partial charge < -0.3 is 19.7 Å². The molecule has 0 amide bonds. The van der Waals surface area contributed by atoms with Gasteiger partial charge in [0.25, 0.3) is 0 Å². The number of fused-ring (bicyclic) bond motifs is 3. The number of β-amino-alcohol motifs (C(OH)–C–C–N with tert-alkyl or cyclic N) is 1. The average molecular weight is 414 g/mol. The highest BCUT2D eigenvalue weighted by Gasteiger charge is 2.34. The minimum absolute atomic E-state index is 0.190. The number of ether oxygens (including phenoxy) is 1. The molecule has 28 heavy (non-hydrogen) atoms. The molecule has 0 spiro atoms. The summed E-state index contributed by atoms with van der Waals surface area (Å²) in [5.41, 5.74) is 0.310. The van der Waals surface area contributed by atoms with Crippen LogP contribution in [0.5, 0.6) is 5.75 Å². The van der Waals surface area contributed by atoms with Crippen LogP contribution in [0.3, 0.4) is 0 Å². The first-order valence-corrected chi connectivity index (χ1v) is 9.33. The van der Waals surface area contributed by atoms with E-state index in [1.807, 2.05) is 4.57 Å². The average Bonchev–Trinajstić information content (AvgIpc) is 2.80. The molecule has 3 heterocycles. The van der Waals surface area contributed by atoms with Gasteiger partial charge in [-0.05, 0) is 37.6 Å². The molecule has 9 heteroatoms. The molecular weight excluding hydrogens is 395 g/mol. The van der Waals surface area contributed by atoms with Crippen molar-refractivity contribution in [2.75, 3.05) is 20.2 Å². The zero-order valence-corrected chi connectivity index (χ0v) is 15.8. The second-order valence-corrected chi connectivity index (χ2v) is 7.35. The molecule has 1 aliphatic heterocycles. The van der Waals surface area contributed by atoms with Gasteiger partial charge in [-0.25, -0.2) is 4.98 Å². The smallest absolute Gasteiger partial charge is 0.433 e. The normalized spacial score (nSPS) is 21.2. The number of aromatic nitrogens is 2. The van der Waals surface area contributed by atoms with Gasteiger partial charge >= 0.3 is 6.18 Å². The van der Waals surface area contributed by atoms with Crippen LogP contribution in [0.15, 0.2) is 24.3 Å². The van der Waals surface area contributed by atoms with Crippen LogP contribution < -0.4 is 10.1 Å². The molecule has 150 valence electrons. The molecule has 0 bridgehead atoms. The fourth-order valence-electron chi connectivity index (χ4n) is 3.94. The van der Waals surface area contributed by atoms with E-state index in [-0.39, 0.29) is 11.6 Å². The summed E-state index contributed by atoms with van der Waals surface area (Å²) in [6, 6.07) is 5.25. The Morgan fingerprint density at radius 3 is 2.82 bits per heavy atom. The van der Waals surface area contributed by atoms with Gasteiger partial charge in [0.2, 0.25) is 0 Å². The van der Waals surface area contributed by atoms with E-state index < -0.39 is 18.0 Å². The van der Waals surface area contributed by atoms with Gasteiger partial charge in [-0.3, -0.25) is 0 Å². The number of rotatable bonds is 2. The van der Waals surface area contributed by atoms with E-state index in [0.29, 0.717) is 40.2 Å². The standard InChI is InChI=1S/C19H19ClF3N3O2/c1-28-15-8-10(20)7-11-17-13(4-5-16(25-17)19(21,22)23)26(18(11)15)12-3-2-6-24-9-14(12)27/h4-5,7-8,12,14,24,27H,2-3,6,9H2,1H3/t12-,14-/m0/s1. The third-order valence-electron chi connectivity index (χ3n) is 5.16. The number of aliphatic hydroxyl groups is 1. The fourth-order valence-corrected chi connectivity index (χ4v) is 4.15. The van der Waals surface area contributed by atoms with Crippen LogP contribution in [0.25, 0.3) is 21.9 Å². The van der Waals surface area contributed by atoms with Crippen molar-refractivity contribution in [1.29, 1.82) is 0 Å². The number of pyridine rings is 1. The van der Waals surface area contributed by atoms with E-state index in [4.69, 9.17) is 16.3 Å². The van der Waals surface area contributed by atoms with Crippen molar-refractivity contribution in [3.8, 4) is 5.75 Å².